The van der Waals surface area contributed by atoms with E-state index in [4.69, 9.17) is 0 Å². The van der Waals surface area contributed by atoms with Gasteiger partial charge in [0.15, 0.2) is 0 Å². The Morgan fingerprint density at radius 3 is 2.77 bits per heavy atom. The lowest BCUT2D eigenvalue weighted by molar-refractivity contribution is -0.128. The van der Waals surface area contributed by atoms with Gasteiger partial charge in [0.05, 0.1) is 0 Å². The zero-order chi connectivity index (χ0) is 18.5. The molecule has 1 aliphatic heterocycles. The van der Waals surface area contributed by atoms with Crippen molar-refractivity contribution in [1.29, 1.82) is 0 Å². The Kier molecular flexibility index (Phi) is 6.63. The lowest BCUT2D eigenvalue weighted by Crippen LogP contribution is -2.56. The molecule has 26 heavy (non-hydrogen) atoms. The van der Waals surface area contributed by atoms with E-state index in [9.17, 15) is 9.59 Å². The van der Waals surface area contributed by atoms with Gasteiger partial charge in [-0.2, -0.15) is 0 Å². The molecule has 3 rings (SSSR count). The lowest BCUT2D eigenvalue weighted by Gasteiger charge is -2.45. The molecule has 4 unspecified atom stereocenters. The highest BCUT2D eigenvalue weighted by molar-refractivity contribution is 7.99. The largest absolute Gasteiger partial charge is 0.353 e. The van der Waals surface area contributed by atoms with Crippen LogP contribution in [0.25, 0.3) is 0 Å². The van der Waals surface area contributed by atoms with Gasteiger partial charge in [0.25, 0.3) is 0 Å². The molecule has 1 heterocycles. The van der Waals surface area contributed by atoms with Gasteiger partial charge in [-0.05, 0) is 49.1 Å². The molecule has 1 aromatic rings. The van der Waals surface area contributed by atoms with Crippen molar-refractivity contribution in [2.75, 3.05) is 5.75 Å². The number of rotatable bonds is 6. The Labute approximate surface area is 160 Å². The van der Waals surface area contributed by atoms with Crippen molar-refractivity contribution in [1.82, 2.24) is 10.6 Å². The number of amides is 2. The van der Waals surface area contributed by atoms with Crippen LogP contribution in [0.3, 0.4) is 0 Å². The third kappa shape index (κ3) is 5.03. The summed E-state index contributed by atoms with van der Waals surface area (Å²) in [5.41, 5.74) is 0. The zero-order valence-corrected chi connectivity index (χ0v) is 16.6. The Hall–Kier alpha value is -1.49. The van der Waals surface area contributed by atoms with Crippen molar-refractivity contribution in [3.63, 3.8) is 0 Å². The van der Waals surface area contributed by atoms with Crippen molar-refractivity contribution >= 4 is 23.6 Å². The average Bonchev–Trinajstić information content (AvgIpc) is 2.61. The maximum Gasteiger partial charge on any atom is 0.221 e. The first-order valence-electron chi connectivity index (χ1n) is 9.79. The molecule has 0 spiro atoms. The molecule has 1 aliphatic carbocycles. The summed E-state index contributed by atoms with van der Waals surface area (Å²) >= 11 is 1.71. The van der Waals surface area contributed by atoms with E-state index < -0.39 is 0 Å². The topological polar surface area (TPSA) is 58.2 Å². The van der Waals surface area contributed by atoms with E-state index in [2.05, 4.69) is 36.6 Å². The highest BCUT2D eigenvalue weighted by Gasteiger charge is 2.41. The van der Waals surface area contributed by atoms with Gasteiger partial charge in [-0.15, -0.1) is 11.8 Å². The van der Waals surface area contributed by atoms with Crippen LogP contribution in [0, 0.1) is 17.8 Å². The second-order valence-electron chi connectivity index (χ2n) is 7.94. The molecule has 142 valence electrons. The molecule has 2 amide bonds. The Balaban J connectivity index is 1.44. The number of piperidine rings is 1. The molecule has 1 saturated carbocycles. The maximum atomic E-state index is 12.3. The van der Waals surface area contributed by atoms with Crippen LogP contribution in [0.4, 0.5) is 0 Å². The van der Waals surface area contributed by atoms with Crippen molar-refractivity contribution in [3.05, 3.63) is 30.3 Å². The van der Waals surface area contributed by atoms with Crippen molar-refractivity contribution < 1.29 is 9.59 Å². The maximum absolute atomic E-state index is 12.3. The minimum atomic E-state index is 0.124. The van der Waals surface area contributed by atoms with Crippen molar-refractivity contribution in [3.8, 4) is 0 Å². The van der Waals surface area contributed by atoms with Gasteiger partial charge in [0, 0.05) is 35.6 Å². The standard InChI is InChI=1S/C21H30N2O2S/c1-14(2)18-13-21(25)23-19-12-15(8-9-17(18)19)22-20(24)10-11-26-16-6-4-3-5-7-16/h3-7,14-15,17-19H,8-13H2,1-2H3,(H,22,24)(H,23,25). The van der Waals surface area contributed by atoms with Crippen LogP contribution in [0.2, 0.25) is 0 Å². The first-order chi connectivity index (χ1) is 12.5. The Morgan fingerprint density at radius 2 is 2.04 bits per heavy atom. The van der Waals surface area contributed by atoms with Gasteiger partial charge < -0.3 is 10.6 Å². The minimum absolute atomic E-state index is 0.124. The van der Waals surface area contributed by atoms with Crippen LogP contribution >= 0.6 is 11.8 Å². The summed E-state index contributed by atoms with van der Waals surface area (Å²) in [5, 5.41) is 6.37. The van der Waals surface area contributed by atoms with E-state index in [0.29, 0.717) is 30.6 Å². The summed E-state index contributed by atoms with van der Waals surface area (Å²) in [5.74, 6) is 2.67. The Morgan fingerprint density at radius 1 is 1.27 bits per heavy atom. The van der Waals surface area contributed by atoms with Crippen LogP contribution in [0.15, 0.2) is 35.2 Å². The van der Waals surface area contributed by atoms with Crippen LogP contribution in [0.1, 0.15) is 46.0 Å². The lowest BCUT2D eigenvalue weighted by atomic mass is 9.67. The molecular formula is C21H30N2O2S. The molecule has 2 N–H and O–H groups in total. The van der Waals surface area contributed by atoms with E-state index in [1.807, 2.05) is 18.2 Å². The third-order valence-corrected chi connectivity index (χ3v) is 6.80. The number of hydrogen-bond acceptors (Lipinski definition) is 3. The normalized spacial score (nSPS) is 28.3. The second-order valence-corrected chi connectivity index (χ2v) is 9.11. The first-order valence-corrected chi connectivity index (χ1v) is 10.8. The van der Waals surface area contributed by atoms with Crippen LogP contribution in [-0.2, 0) is 9.59 Å². The number of nitrogens with one attached hydrogen (secondary N) is 2. The molecule has 4 atom stereocenters. The first kappa shape index (κ1) is 19.3. The molecule has 1 saturated heterocycles. The van der Waals surface area contributed by atoms with Crippen LogP contribution in [-0.4, -0.2) is 29.7 Å². The third-order valence-electron chi connectivity index (χ3n) is 5.78. The second kappa shape index (κ2) is 8.94. The summed E-state index contributed by atoms with van der Waals surface area (Å²) < 4.78 is 0. The summed E-state index contributed by atoms with van der Waals surface area (Å²) in [6.45, 7) is 4.44. The predicted molar refractivity (Wildman–Crippen MR) is 106 cm³/mol. The highest BCUT2D eigenvalue weighted by Crippen LogP contribution is 2.39. The number of hydrogen-bond donors (Lipinski definition) is 2. The number of benzene rings is 1. The fourth-order valence-electron chi connectivity index (χ4n) is 4.44. The summed E-state index contributed by atoms with van der Waals surface area (Å²) in [6.07, 6.45) is 4.18. The van der Waals surface area contributed by atoms with E-state index in [-0.39, 0.29) is 23.9 Å². The number of thioether (sulfide) groups is 1. The predicted octanol–water partition coefficient (Wildman–Crippen LogP) is 3.61. The molecule has 4 nitrogen and oxygen atoms in total. The summed E-state index contributed by atoms with van der Waals surface area (Å²) in [6, 6.07) is 10.6. The fraction of sp³-hybridized carbons (Fsp3) is 0.619. The summed E-state index contributed by atoms with van der Waals surface area (Å²) in [4.78, 5) is 25.5. The fourth-order valence-corrected chi connectivity index (χ4v) is 5.32. The minimum Gasteiger partial charge on any atom is -0.353 e. The average molecular weight is 375 g/mol. The summed E-state index contributed by atoms with van der Waals surface area (Å²) in [7, 11) is 0. The van der Waals surface area contributed by atoms with Crippen LogP contribution < -0.4 is 10.6 Å². The zero-order valence-electron chi connectivity index (χ0n) is 15.7. The molecule has 2 aliphatic rings. The number of carbonyl (C=O) groups is 2. The monoisotopic (exact) mass is 374 g/mol. The molecule has 0 bridgehead atoms. The molecule has 5 heteroatoms. The molecule has 0 aromatic heterocycles. The SMILES string of the molecule is CC(C)C1CC(=O)NC2CC(NC(=O)CCSc3ccccc3)CCC21. The van der Waals surface area contributed by atoms with E-state index in [1.165, 1.54) is 4.90 Å². The Bertz CT molecular complexity index is 620. The number of fused-ring (bicyclic) bond motifs is 1. The van der Waals surface area contributed by atoms with E-state index >= 15 is 0 Å². The van der Waals surface area contributed by atoms with Gasteiger partial charge in [-0.25, -0.2) is 0 Å². The van der Waals surface area contributed by atoms with Gasteiger partial charge in [0.2, 0.25) is 11.8 Å². The van der Waals surface area contributed by atoms with Crippen molar-refractivity contribution in [2.24, 2.45) is 17.8 Å². The molecule has 0 radical (unpaired) electrons. The van der Waals surface area contributed by atoms with Gasteiger partial charge in [0.1, 0.15) is 0 Å². The smallest absolute Gasteiger partial charge is 0.221 e. The van der Waals surface area contributed by atoms with Gasteiger partial charge in [-0.3, -0.25) is 9.59 Å². The number of carbonyl (C=O) groups excluding carboxylic acids is 2. The highest BCUT2D eigenvalue weighted by atomic mass is 32.2. The van der Waals surface area contributed by atoms with Crippen molar-refractivity contribution in [2.45, 2.75) is 62.9 Å². The molecule has 2 fully saturated rings. The quantitative estimate of drug-likeness (QED) is 0.748. The molecule has 1 aromatic carbocycles. The van der Waals surface area contributed by atoms with Gasteiger partial charge in [-0.1, -0.05) is 32.0 Å². The molecular weight excluding hydrogens is 344 g/mol. The van der Waals surface area contributed by atoms with E-state index in [1.54, 1.807) is 11.8 Å². The van der Waals surface area contributed by atoms with Crippen LogP contribution in [0.5, 0.6) is 0 Å². The van der Waals surface area contributed by atoms with Gasteiger partial charge >= 0.3 is 0 Å². The van der Waals surface area contributed by atoms with E-state index in [0.717, 1.165) is 25.0 Å².